The molecule has 3 aromatic heterocycles. The smallest absolute Gasteiger partial charge is 0.256 e. The molecule has 5 rings (SSSR count). The van der Waals surface area contributed by atoms with Crippen LogP contribution in [0.25, 0.3) is 28.5 Å². The van der Waals surface area contributed by atoms with E-state index in [1.54, 1.807) is 23.3 Å². The lowest BCUT2D eigenvalue weighted by atomic mass is 10.00. The van der Waals surface area contributed by atoms with E-state index in [9.17, 15) is 9.59 Å². The van der Waals surface area contributed by atoms with Crippen LogP contribution in [0, 0.1) is 13.8 Å². The Kier molecular flexibility index (Phi) is 7.42. The standard InChI is InChI=1S/C30H33N7O2/c1-5-36(6-2)13-12-32-30(39)28-19(3)27(34-20(28)4)15-25-24-14-21(9-10-26(24)35-29(25)38)22-16-33-37(18-22)23-8-7-11-31-17-23/h7-11,14-18,34H,5-6,12-13H2,1-4H3,(H,32,39)(H,35,38). The zero-order chi connectivity index (χ0) is 27.5. The van der Waals surface area contributed by atoms with Gasteiger partial charge >= 0.3 is 0 Å². The van der Waals surface area contributed by atoms with Crippen molar-refractivity contribution in [2.24, 2.45) is 0 Å². The molecule has 0 saturated carbocycles. The number of pyridine rings is 1. The molecule has 0 fully saturated rings. The van der Waals surface area contributed by atoms with E-state index in [-0.39, 0.29) is 11.8 Å². The maximum absolute atomic E-state index is 13.0. The SMILES string of the molecule is CCN(CC)CCNC(=O)c1c(C)[nH]c(C=C2C(=O)Nc3ccc(-c4cnn(-c5cccnc5)c4)cc32)c1C. The minimum absolute atomic E-state index is 0.109. The quantitative estimate of drug-likeness (QED) is 0.281. The third-order valence-electron chi connectivity index (χ3n) is 7.23. The van der Waals surface area contributed by atoms with E-state index in [4.69, 9.17) is 0 Å². The summed E-state index contributed by atoms with van der Waals surface area (Å²) < 4.78 is 1.77. The van der Waals surface area contributed by atoms with E-state index in [0.717, 1.165) is 64.7 Å². The van der Waals surface area contributed by atoms with Crippen molar-refractivity contribution in [1.29, 1.82) is 0 Å². The third kappa shape index (κ3) is 5.26. The molecule has 9 nitrogen and oxygen atoms in total. The predicted molar refractivity (Wildman–Crippen MR) is 154 cm³/mol. The highest BCUT2D eigenvalue weighted by atomic mass is 16.2. The van der Waals surface area contributed by atoms with Crippen LogP contribution in [0.1, 0.15) is 46.7 Å². The monoisotopic (exact) mass is 523 g/mol. The molecule has 2 amide bonds. The molecule has 1 aromatic carbocycles. The molecule has 4 heterocycles. The molecule has 3 N–H and O–H groups in total. The Morgan fingerprint density at radius 2 is 1.95 bits per heavy atom. The Morgan fingerprint density at radius 1 is 1.13 bits per heavy atom. The van der Waals surface area contributed by atoms with E-state index in [1.165, 1.54) is 0 Å². The van der Waals surface area contributed by atoms with Crippen molar-refractivity contribution in [1.82, 2.24) is 30.0 Å². The number of hydrogen-bond donors (Lipinski definition) is 3. The van der Waals surface area contributed by atoms with Crippen LogP contribution in [-0.4, -0.2) is 62.6 Å². The molecule has 1 aliphatic rings. The van der Waals surface area contributed by atoms with Crippen LogP contribution in [0.15, 0.2) is 55.1 Å². The minimum Gasteiger partial charge on any atom is -0.358 e. The van der Waals surface area contributed by atoms with Crippen LogP contribution in [-0.2, 0) is 4.79 Å². The lowest BCUT2D eigenvalue weighted by Gasteiger charge is -2.18. The first-order valence-corrected chi connectivity index (χ1v) is 13.2. The Labute approximate surface area is 228 Å². The number of anilines is 1. The molecule has 0 radical (unpaired) electrons. The number of fused-ring (bicyclic) bond motifs is 1. The van der Waals surface area contributed by atoms with Crippen LogP contribution in [0.3, 0.4) is 0 Å². The number of aromatic amines is 1. The fourth-order valence-corrected chi connectivity index (χ4v) is 4.97. The van der Waals surface area contributed by atoms with Gasteiger partial charge < -0.3 is 20.5 Å². The van der Waals surface area contributed by atoms with Crippen molar-refractivity contribution < 1.29 is 9.59 Å². The fourth-order valence-electron chi connectivity index (χ4n) is 4.97. The summed E-state index contributed by atoms with van der Waals surface area (Å²) in [7, 11) is 0. The number of hydrogen-bond acceptors (Lipinski definition) is 5. The summed E-state index contributed by atoms with van der Waals surface area (Å²) in [6.07, 6.45) is 9.05. The van der Waals surface area contributed by atoms with Gasteiger partial charge in [0.1, 0.15) is 0 Å². The van der Waals surface area contributed by atoms with Gasteiger partial charge in [0.2, 0.25) is 0 Å². The number of H-pyrrole nitrogens is 1. The molecular weight excluding hydrogens is 490 g/mol. The maximum Gasteiger partial charge on any atom is 0.256 e. The van der Waals surface area contributed by atoms with Crippen molar-refractivity contribution in [3.05, 3.63) is 83.2 Å². The maximum atomic E-state index is 13.0. The van der Waals surface area contributed by atoms with Crippen LogP contribution < -0.4 is 10.6 Å². The van der Waals surface area contributed by atoms with Gasteiger partial charge in [-0.05, 0) is 68.4 Å². The Balaban J connectivity index is 1.41. The summed E-state index contributed by atoms with van der Waals surface area (Å²) in [6, 6.07) is 9.68. The number of nitrogens with zero attached hydrogens (tertiary/aromatic N) is 4. The highest BCUT2D eigenvalue weighted by molar-refractivity contribution is 6.35. The molecule has 0 atom stereocenters. The average Bonchev–Trinajstić information content (AvgIpc) is 3.63. The largest absolute Gasteiger partial charge is 0.358 e. The summed E-state index contributed by atoms with van der Waals surface area (Å²) in [6.45, 7) is 11.3. The van der Waals surface area contributed by atoms with E-state index in [0.29, 0.717) is 17.7 Å². The number of nitrogens with one attached hydrogen (secondary N) is 3. The van der Waals surface area contributed by atoms with Gasteiger partial charge in [-0.2, -0.15) is 5.10 Å². The fraction of sp³-hybridized carbons (Fsp3) is 0.267. The lowest BCUT2D eigenvalue weighted by Crippen LogP contribution is -2.35. The van der Waals surface area contributed by atoms with Crippen molar-refractivity contribution in [3.8, 4) is 16.8 Å². The van der Waals surface area contributed by atoms with Crippen molar-refractivity contribution in [3.63, 3.8) is 0 Å². The predicted octanol–water partition coefficient (Wildman–Crippen LogP) is 4.44. The van der Waals surface area contributed by atoms with Crippen LogP contribution in [0.5, 0.6) is 0 Å². The molecule has 200 valence electrons. The first kappa shape index (κ1) is 26.1. The third-order valence-corrected chi connectivity index (χ3v) is 7.23. The zero-order valence-corrected chi connectivity index (χ0v) is 22.7. The zero-order valence-electron chi connectivity index (χ0n) is 22.7. The number of likely N-dealkylation sites (N-methyl/N-ethyl adjacent to an activating group) is 1. The van der Waals surface area contributed by atoms with Crippen molar-refractivity contribution >= 4 is 29.2 Å². The first-order valence-electron chi connectivity index (χ1n) is 13.2. The molecule has 4 aromatic rings. The van der Waals surface area contributed by atoms with E-state index >= 15 is 0 Å². The van der Waals surface area contributed by atoms with Gasteiger partial charge in [-0.15, -0.1) is 0 Å². The Bertz CT molecular complexity index is 1540. The second kappa shape index (κ2) is 11.1. The molecule has 0 saturated heterocycles. The molecule has 0 bridgehead atoms. The minimum atomic E-state index is -0.176. The van der Waals surface area contributed by atoms with Gasteiger partial charge in [-0.3, -0.25) is 14.6 Å². The average molecular weight is 524 g/mol. The molecular formula is C30H33N7O2. The Morgan fingerprint density at radius 3 is 2.69 bits per heavy atom. The number of amides is 2. The van der Waals surface area contributed by atoms with Gasteiger partial charge in [-0.1, -0.05) is 19.9 Å². The van der Waals surface area contributed by atoms with Gasteiger partial charge in [0.25, 0.3) is 11.8 Å². The number of aryl methyl sites for hydroxylation is 1. The molecule has 39 heavy (non-hydrogen) atoms. The van der Waals surface area contributed by atoms with Crippen molar-refractivity contribution in [2.45, 2.75) is 27.7 Å². The van der Waals surface area contributed by atoms with Gasteiger partial charge in [0.05, 0.1) is 29.2 Å². The second-order valence-electron chi connectivity index (χ2n) is 9.60. The number of benzene rings is 1. The molecule has 0 aliphatic carbocycles. The highest BCUT2D eigenvalue weighted by Gasteiger charge is 2.26. The highest BCUT2D eigenvalue weighted by Crippen LogP contribution is 2.37. The lowest BCUT2D eigenvalue weighted by molar-refractivity contribution is -0.110. The summed E-state index contributed by atoms with van der Waals surface area (Å²) in [4.78, 5) is 35.7. The summed E-state index contributed by atoms with van der Waals surface area (Å²) in [5.74, 6) is -0.285. The summed E-state index contributed by atoms with van der Waals surface area (Å²) in [5, 5.41) is 10.5. The van der Waals surface area contributed by atoms with Gasteiger partial charge in [-0.25, -0.2) is 4.68 Å². The van der Waals surface area contributed by atoms with Gasteiger partial charge in [0, 0.05) is 53.7 Å². The summed E-state index contributed by atoms with van der Waals surface area (Å²) in [5.41, 5.74) is 7.80. The van der Waals surface area contributed by atoms with Crippen molar-refractivity contribution in [2.75, 3.05) is 31.5 Å². The van der Waals surface area contributed by atoms with Crippen LogP contribution in [0.4, 0.5) is 5.69 Å². The van der Waals surface area contributed by atoms with Crippen LogP contribution in [0.2, 0.25) is 0 Å². The molecule has 0 spiro atoms. The second-order valence-corrected chi connectivity index (χ2v) is 9.60. The Hall–Kier alpha value is -4.50. The normalized spacial score (nSPS) is 13.7. The number of aromatic nitrogens is 4. The number of rotatable bonds is 9. The molecule has 9 heteroatoms. The molecule has 0 unspecified atom stereocenters. The van der Waals surface area contributed by atoms with Crippen LogP contribution >= 0.6 is 0 Å². The topological polar surface area (TPSA) is 108 Å². The summed E-state index contributed by atoms with van der Waals surface area (Å²) >= 11 is 0. The van der Waals surface area contributed by atoms with E-state index < -0.39 is 0 Å². The number of carbonyl (C=O) groups excluding carboxylic acids is 2. The van der Waals surface area contributed by atoms with Gasteiger partial charge in [0.15, 0.2) is 0 Å². The number of carbonyl (C=O) groups is 2. The first-order chi connectivity index (χ1) is 18.9. The molecule has 1 aliphatic heterocycles. The van der Waals surface area contributed by atoms with E-state index in [1.807, 2.05) is 56.5 Å². The van der Waals surface area contributed by atoms with E-state index in [2.05, 4.69) is 44.4 Å².